The van der Waals surface area contributed by atoms with Gasteiger partial charge in [0.25, 0.3) is 0 Å². The smallest absolute Gasteiger partial charge is 0.191 e. The molecule has 0 bridgehead atoms. The fourth-order valence-electron chi connectivity index (χ4n) is 2.80. The summed E-state index contributed by atoms with van der Waals surface area (Å²) in [4.78, 5) is 9.24. The van der Waals surface area contributed by atoms with Gasteiger partial charge in [0.05, 0.1) is 18.5 Å². The summed E-state index contributed by atoms with van der Waals surface area (Å²) in [5.74, 6) is 1.16. The fraction of sp³-hybridized carbons (Fsp3) is 0.364. The van der Waals surface area contributed by atoms with Gasteiger partial charge in [0, 0.05) is 30.5 Å². The minimum Gasteiger partial charge on any atom is -0.466 e. The predicted octanol–water partition coefficient (Wildman–Crippen LogP) is 4.33. The van der Waals surface area contributed by atoms with Crippen molar-refractivity contribution in [3.63, 3.8) is 0 Å². The maximum Gasteiger partial charge on any atom is 0.191 e. The van der Waals surface area contributed by atoms with Crippen molar-refractivity contribution in [3.8, 4) is 10.6 Å². The second-order valence-electron chi connectivity index (χ2n) is 7.13. The first-order valence-electron chi connectivity index (χ1n) is 9.78. The van der Waals surface area contributed by atoms with Crippen LogP contribution in [0, 0.1) is 6.92 Å². The van der Waals surface area contributed by atoms with E-state index in [9.17, 15) is 5.11 Å². The quantitative estimate of drug-likeness (QED) is 0.225. The van der Waals surface area contributed by atoms with Gasteiger partial charge in [-0.15, -0.1) is 35.3 Å². The number of hydrogen-bond acceptors (Lipinski definition) is 5. The number of halogens is 1. The number of aryl methyl sites for hydroxylation is 1. The fourth-order valence-corrected chi connectivity index (χ4v) is 3.66. The number of aliphatic hydroxyl groups is 1. The molecule has 1 aromatic carbocycles. The number of rotatable bonds is 8. The molecule has 0 saturated heterocycles. The molecule has 8 heteroatoms. The number of nitrogens with zero attached hydrogens (tertiary/aromatic N) is 2. The van der Waals surface area contributed by atoms with Gasteiger partial charge in [0.2, 0.25) is 0 Å². The average molecular weight is 540 g/mol. The van der Waals surface area contributed by atoms with Crippen LogP contribution in [0.1, 0.15) is 30.9 Å². The number of aromatic nitrogens is 1. The van der Waals surface area contributed by atoms with Crippen molar-refractivity contribution in [2.24, 2.45) is 4.99 Å². The van der Waals surface area contributed by atoms with Gasteiger partial charge in [-0.3, -0.25) is 0 Å². The highest BCUT2D eigenvalue weighted by Gasteiger charge is 2.26. The van der Waals surface area contributed by atoms with E-state index in [4.69, 9.17) is 9.40 Å². The molecule has 3 aromatic rings. The summed E-state index contributed by atoms with van der Waals surface area (Å²) in [6.45, 7) is 7.43. The highest BCUT2D eigenvalue weighted by Crippen LogP contribution is 2.24. The third-order valence-corrected chi connectivity index (χ3v) is 5.41. The molecular formula is C22H29IN4O2S. The Morgan fingerprint density at radius 3 is 2.67 bits per heavy atom. The maximum atomic E-state index is 10.6. The van der Waals surface area contributed by atoms with E-state index >= 15 is 0 Å². The molecule has 0 spiro atoms. The number of guanidine groups is 1. The first-order valence-corrected chi connectivity index (χ1v) is 10.7. The highest BCUT2D eigenvalue weighted by molar-refractivity contribution is 14.0. The first kappa shape index (κ1) is 24.4. The van der Waals surface area contributed by atoms with Crippen LogP contribution in [0.4, 0.5) is 0 Å². The zero-order valence-corrected chi connectivity index (χ0v) is 20.7. The first-order chi connectivity index (χ1) is 14.0. The summed E-state index contributed by atoms with van der Waals surface area (Å²) in [5, 5.41) is 20.2. The summed E-state index contributed by atoms with van der Waals surface area (Å²) >= 11 is 1.66. The highest BCUT2D eigenvalue weighted by atomic mass is 127. The number of furan rings is 1. The molecule has 3 N–H and O–H groups in total. The van der Waals surface area contributed by atoms with Crippen molar-refractivity contribution >= 4 is 41.3 Å². The van der Waals surface area contributed by atoms with Crippen LogP contribution in [0.5, 0.6) is 0 Å². The molecule has 0 radical (unpaired) electrons. The third kappa shape index (κ3) is 6.82. The molecule has 162 valence electrons. The molecule has 0 amide bonds. The van der Waals surface area contributed by atoms with Crippen LogP contribution in [0.15, 0.2) is 57.5 Å². The van der Waals surface area contributed by atoms with E-state index in [1.54, 1.807) is 36.7 Å². The summed E-state index contributed by atoms with van der Waals surface area (Å²) in [5.41, 5.74) is 2.30. The van der Waals surface area contributed by atoms with Gasteiger partial charge in [-0.2, -0.15) is 0 Å². The largest absolute Gasteiger partial charge is 0.466 e. The summed E-state index contributed by atoms with van der Waals surface area (Å²) in [7, 11) is 0. The second kappa shape index (κ2) is 11.5. The Balaban J connectivity index is 0.00000320. The number of aliphatic imine (C=N–C) groups is 1. The molecule has 0 aliphatic rings. The monoisotopic (exact) mass is 540 g/mol. The molecule has 0 fully saturated rings. The Bertz CT molecular complexity index is 921. The second-order valence-corrected chi connectivity index (χ2v) is 7.99. The Morgan fingerprint density at radius 1 is 1.23 bits per heavy atom. The van der Waals surface area contributed by atoms with E-state index in [2.05, 4.69) is 52.2 Å². The van der Waals surface area contributed by atoms with Gasteiger partial charge in [-0.25, -0.2) is 9.98 Å². The Hall–Kier alpha value is -1.91. The van der Waals surface area contributed by atoms with Crippen molar-refractivity contribution in [1.82, 2.24) is 15.6 Å². The van der Waals surface area contributed by atoms with Gasteiger partial charge < -0.3 is 20.2 Å². The molecular weight excluding hydrogens is 511 g/mol. The molecule has 3 rings (SSSR count). The van der Waals surface area contributed by atoms with Crippen LogP contribution in [-0.4, -0.2) is 35.7 Å². The van der Waals surface area contributed by atoms with Gasteiger partial charge in [0.15, 0.2) is 5.96 Å². The van der Waals surface area contributed by atoms with Crippen LogP contribution in [0.3, 0.4) is 0 Å². The molecule has 1 atom stereocenters. The molecule has 0 aliphatic heterocycles. The summed E-state index contributed by atoms with van der Waals surface area (Å²) < 4.78 is 5.31. The van der Waals surface area contributed by atoms with Crippen molar-refractivity contribution in [3.05, 3.63) is 65.1 Å². The van der Waals surface area contributed by atoms with Crippen molar-refractivity contribution < 1.29 is 9.52 Å². The topological polar surface area (TPSA) is 82.7 Å². The molecule has 0 saturated carbocycles. The number of benzene rings is 1. The SMILES string of the molecule is CCNC(=NCC(C)(O)c1ccco1)NCCc1csc(-c2ccc(C)cc2)n1.I. The van der Waals surface area contributed by atoms with Crippen LogP contribution in [0.2, 0.25) is 0 Å². The lowest BCUT2D eigenvalue weighted by molar-refractivity contribution is 0.0437. The standard InChI is InChI=1S/C22H28N4O2S.HI/c1-4-23-21(25-15-22(3,27)19-6-5-13-28-19)24-12-11-18-14-29-20(26-18)17-9-7-16(2)8-10-17;/h5-10,13-14,27H,4,11-12,15H2,1-3H3,(H2,23,24,25);1H. The molecule has 30 heavy (non-hydrogen) atoms. The Kier molecular flexibility index (Phi) is 9.32. The minimum absolute atomic E-state index is 0. The normalized spacial score (nSPS) is 13.4. The van der Waals surface area contributed by atoms with E-state index < -0.39 is 5.60 Å². The Labute approximate surface area is 198 Å². The van der Waals surface area contributed by atoms with Crippen LogP contribution in [0.25, 0.3) is 10.6 Å². The molecule has 6 nitrogen and oxygen atoms in total. The lowest BCUT2D eigenvalue weighted by atomic mass is 10.0. The number of hydrogen-bond donors (Lipinski definition) is 3. The van der Waals surface area contributed by atoms with E-state index in [0.717, 1.165) is 29.2 Å². The number of nitrogens with one attached hydrogen (secondary N) is 2. The van der Waals surface area contributed by atoms with Crippen molar-refractivity contribution in [2.45, 2.75) is 32.8 Å². The van der Waals surface area contributed by atoms with Crippen molar-refractivity contribution in [1.29, 1.82) is 0 Å². The zero-order valence-electron chi connectivity index (χ0n) is 17.5. The van der Waals surface area contributed by atoms with Crippen LogP contribution in [-0.2, 0) is 12.0 Å². The minimum atomic E-state index is -1.15. The maximum absolute atomic E-state index is 10.6. The van der Waals surface area contributed by atoms with E-state index in [1.165, 1.54) is 5.56 Å². The molecule has 0 aliphatic carbocycles. The Morgan fingerprint density at radius 2 is 2.00 bits per heavy atom. The van der Waals surface area contributed by atoms with Gasteiger partial charge >= 0.3 is 0 Å². The summed E-state index contributed by atoms with van der Waals surface area (Å²) in [6.07, 6.45) is 2.34. The zero-order chi connectivity index (χ0) is 20.7. The van der Waals surface area contributed by atoms with Crippen molar-refractivity contribution in [2.75, 3.05) is 19.6 Å². The van der Waals surface area contributed by atoms with Crippen LogP contribution < -0.4 is 10.6 Å². The van der Waals surface area contributed by atoms with Gasteiger partial charge in [-0.1, -0.05) is 29.8 Å². The summed E-state index contributed by atoms with van der Waals surface area (Å²) in [6, 6.07) is 11.9. The predicted molar refractivity (Wildman–Crippen MR) is 134 cm³/mol. The lowest BCUT2D eigenvalue weighted by Gasteiger charge is -2.19. The third-order valence-electron chi connectivity index (χ3n) is 4.47. The van der Waals surface area contributed by atoms with E-state index in [1.807, 2.05) is 6.92 Å². The van der Waals surface area contributed by atoms with E-state index in [-0.39, 0.29) is 30.5 Å². The molecule has 1 unspecified atom stereocenters. The van der Waals surface area contributed by atoms with Crippen LogP contribution >= 0.6 is 35.3 Å². The average Bonchev–Trinajstić information content (AvgIpc) is 3.39. The number of thiazole rings is 1. The van der Waals surface area contributed by atoms with Gasteiger partial charge in [-0.05, 0) is 32.9 Å². The van der Waals surface area contributed by atoms with Gasteiger partial charge in [0.1, 0.15) is 16.4 Å². The van der Waals surface area contributed by atoms with E-state index in [0.29, 0.717) is 18.3 Å². The molecule has 2 heterocycles. The molecule has 2 aromatic heterocycles. The lowest BCUT2D eigenvalue weighted by Crippen LogP contribution is -2.39.